The molecule has 0 saturated heterocycles. The third-order valence-corrected chi connectivity index (χ3v) is 3.63. The van der Waals surface area contributed by atoms with E-state index >= 15 is 0 Å². The molecule has 0 saturated carbocycles. The molecule has 2 aromatic heterocycles. The standard InChI is InChI=1S/C14H20N2O2S/c1-4-16(10-14(2,3)17)8-11-9-19-13(15-11)12-6-5-7-18-12/h5-7,9,17H,4,8,10H2,1-3H3. The molecule has 1 N–H and O–H groups in total. The lowest BCUT2D eigenvalue weighted by Gasteiger charge is -2.27. The van der Waals surface area contributed by atoms with Gasteiger partial charge in [0.1, 0.15) is 0 Å². The summed E-state index contributed by atoms with van der Waals surface area (Å²) in [6, 6.07) is 3.78. The van der Waals surface area contributed by atoms with Gasteiger partial charge in [-0.15, -0.1) is 11.3 Å². The number of thiazole rings is 1. The van der Waals surface area contributed by atoms with Gasteiger partial charge < -0.3 is 9.52 Å². The summed E-state index contributed by atoms with van der Waals surface area (Å²) in [5.41, 5.74) is 0.332. The highest BCUT2D eigenvalue weighted by Crippen LogP contribution is 2.24. The van der Waals surface area contributed by atoms with Crippen molar-refractivity contribution < 1.29 is 9.52 Å². The number of furan rings is 1. The molecule has 0 unspecified atom stereocenters. The predicted octanol–water partition coefficient (Wildman–Crippen LogP) is 3.00. The van der Waals surface area contributed by atoms with Crippen LogP contribution >= 0.6 is 11.3 Å². The smallest absolute Gasteiger partial charge is 0.162 e. The maximum absolute atomic E-state index is 9.88. The molecule has 0 atom stereocenters. The summed E-state index contributed by atoms with van der Waals surface area (Å²) >= 11 is 1.58. The first-order valence-corrected chi connectivity index (χ1v) is 7.29. The molecule has 0 aliphatic heterocycles. The van der Waals surface area contributed by atoms with E-state index in [1.807, 2.05) is 31.4 Å². The van der Waals surface area contributed by atoms with Gasteiger partial charge >= 0.3 is 0 Å². The van der Waals surface area contributed by atoms with E-state index in [1.165, 1.54) is 0 Å². The van der Waals surface area contributed by atoms with Gasteiger partial charge in [0, 0.05) is 18.5 Å². The molecule has 104 valence electrons. The first-order valence-electron chi connectivity index (χ1n) is 6.41. The van der Waals surface area contributed by atoms with Crippen molar-refractivity contribution in [2.75, 3.05) is 13.1 Å². The van der Waals surface area contributed by atoms with Gasteiger partial charge in [0.15, 0.2) is 10.8 Å². The van der Waals surface area contributed by atoms with Crippen LogP contribution in [0.2, 0.25) is 0 Å². The second kappa shape index (κ2) is 5.86. The Morgan fingerprint density at radius 1 is 1.47 bits per heavy atom. The molecular formula is C14H20N2O2S. The fourth-order valence-electron chi connectivity index (χ4n) is 1.95. The Bertz CT molecular complexity index is 500. The third kappa shape index (κ3) is 4.16. The number of aliphatic hydroxyl groups is 1. The molecule has 0 aliphatic carbocycles. The number of nitrogens with zero attached hydrogens (tertiary/aromatic N) is 2. The van der Waals surface area contributed by atoms with Crippen LogP contribution in [-0.2, 0) is 6.54 Å². The topological polar surface area (TPSA) is 49.5 Å². The molecule has 0 radical (unpaired) electrons. The highest BCUT2D eigenvalue weighted by atomic mass is 32.1. The highest BCUT2D eigenvalue weighted by Gasteiger charge is 2.18. The van der Waals surface area contributed by atoms with Crippen LogP contribution in [0.3, 0.4) is 0 Å². The Kier molecular flexibility index (Phi) is 4.39. The average molecular weight is 280 g/mol. The van der Waals surface area contributed by atoms with Crippen molar-refractivity contribution in [1.29, 1.82) is 0 Å². The Labute approximate surface area is 117 Å². The largest absolute Gasteiger partial charge is 0.462 e. The third-order valence-electron chi connectivity index (χ3n) is 2.73. The number of aromatic nitrogens is 1. The summed E-state index contributed by atoms with van der Waals surface area (Å²) < 4.78 is 5.34. The molecule has 0 fully saturated rings. The fraction of sp³-hybridized carbons (Fsp3) is 0.500. The lowest BCUT2D eigenvalue weighted by Crippen LogP contribution is -2.38. The van der Waals surface area contributed by atoms with Crippen molar-refractivity contribution in [1.82, 2.24) is 9.88 Å². The van der Waals surface area contributed by atoms with Crippen LogP contribution in [0.25, 0.3) is 10.8 Å². The SMILES string of the molecule is CCN(Cc1csc(-c2ccco2)n1)CC(C)(C)O. The second-order valence-electron chi connectivity index (χ2n) is 5.24. The molecule has 0 spiro atoms. The Morgan fingerprint density at radius 2 is 2.26 bits per heavy atom. The van der Waals surface area contributed by atoms with Crippen LogP contribution in [0.15, 0.2) is 28.2 Å². The highest BCUT2D eigenvalue weighted by molar-refractivity contribution is 7.13. The fourth-order valence-corrected chi connectivity index (χ4v) is 2.73. The van der Waals surface area contributed by atoms with E-state index in [9.17, 15) is 5.11 Å². The normalized spacial score (nSPS) is 12.3. The van der Waals surface area contributed by atoms with Crippen LogP contribution in [0.4, 0.5) is 0 Å². The van der Waals surface area contributed by atoms with E-state index < -0.39 is 5.60 Å². The zero-order valence-corrected chi connectivity index (χ0v) is 12.4. The van der Waals surface area contributed by atoms with Crippen molar-refractivity contribution in [3.8, 4) is 10.8 Å². The van der Waals surface area contributed by atoms with E-state index in [-0.39, 0.29) is 0 Å². The van der Waals surface area contributed by atoms with Crippen molar-refractivity contribution in [2.24, 2.45) is 0 Å². The first kappa shape index (κ1) is 14.2. The van der Waals surface area contributed by atoms with Crippen molar-refractivity contribution in [3.63, 3.8) is 0 Å². The molecule has 2 rings (SSSR count). The summed E-state index contributed by atoms with van der Waals surface area (Å²) in [6.45, 7) is 8.01. The van der Waals surface area contributed by atoms with Crippen molar-refractivity contribution >= 4 is 11.3 Å². The van der Waals surface area contributed by atoms with Gasteiger partial charge in [0.05, 0.1) is 17.6 Å². The molecule has 2 aromatic rings. The van der Waals surface area contributed by atoms with E-state index in [4.69, 9.17) is 4.42 Å². The van der Waals surface area contributed by atoms with E-state index in [0.29, 0.717) is 6.54 Å². The van der Waals surface area contributed by atoms with Crippen LogP contribution in [0.1, 0.15) is 26.5 Å². The second-order valence-corrected chi connectivity index (χ2v) is 6.10. The van der Waals surface area contributed by atoms with Gasteiger partial charge in [-0.1, -0.05) is 6.92 Å². The monoisotopic (exact) mass is 280 g/mol. The molecule has 19 heavy (non-hydrogen) atoms. The number of rotatable bonds is 6. The molecular weight excluding hydrogens is 260 g/mol. The van der Waals surface area contributed by atoms with E-state index in [1.54, 1.807) is 17.6 Å². The summed E-state index contributed by atoms with van der Waals surface area (Å²) in [7, 11) is 0. The van der Waals surface area contributed by atoms with Crippen molar-refractivity contribution in [3.05, 3.63) is 29.5 Å². The Balaban J connectivity index is 2.03. The lowest BCUT2D eigenvalue weighted by molar-refractivity contribution is 0.0350. The molecule has 2 heterocycles. The van der Waals surface area contributed by atoms with Gasteiger partial charge in [0.2, 0.25) is 0 Å². The predicted molar refractivity (Wildman–Crippen MR) is 77.1 cm³/mol. The average Bonchev–Trinajstić information content (AvgIpc) is 2.95. The minimum atomic E-state index is -0.685. The van der Waals surface area contributed by atoms with E-state index in [0.717, 1.165) is 29.6 Å². The first-order chi connectivity index (χ1) is 8.98. The molecule has 0 aliphatic rings. The Hall–Kier alpha value is -1.17. The van der Waals surface area contributed by atoms with Crippen LogP contribution < -0.4 is 0 Å². The summed E-state index contributed by atoms with van der Waals surface area (Å²) in [4.78, 5) is 6.75. The maximum atomic E-state index is 9.88. The van der Waals surface area contributed by atoms with Crippen LogP contribution in [0.5, 0.6) is 0 Å². The number of likely N-dealkylation sites (N-methyl/N-ethyl adjacent to an activating group) is 1. The van der Waals surface area contributed by atoms with Gasteiger partial charge in [-0.2, -0.15) is 0 Å². The lowest BCUT2D eigenvalue weighted by atomic mass is 10.1. The van der Waals surface area contributed by atoms with Crippen LogP contribution in [0, 0.1) is 0 Å². The van der Waals surface area contributed by atoms with E-state index in [2.05, 4.69) is 16.8 Å². The van der Waals surface area contributed by atoms with Gasteiger partial charge in [-0.05, 0) is 32.5 Å². The minimum Gasteiger partial charge on any atom is -0.462 e. The minimum absolute atomic E-state index is 0.636. The molecule has 5 heteroatoms. The quantitative estimate of drug-likeness (QED) is 0.883. The number of hydrogen-bond acceptors (Lipinski definition) is 5. The summed E-state index contributed by atoms with van der Waals surface area (Å²) in [6.07, 6.45) is 1.66. The van der Waals surface area contributed by atoms with Gasteiger partial charge in [-0.3, -0.25) is 4.90 Å². The summed E-state index contributed by atoms with van der Waals surface area (Å²) in [5.74, 6) is 0.807. The zero-order valence-electron chi connectivity index (χ0n) is 11.6. The number of hydrogen-bond donors (Lipinski definition) is 1. The molecule has 0 amide bonds. The van der Waals surface area contributed by atoms with Gasteiger partial charge in [0.25, 0.3) is 0 Å². The molecule has 4 nitrogen and oxygen atoms in total. The maximum Gasteiger partial charge on any atom is 0.162 e. The zero-order chi connectivity index (χ0) is 13.9. The summed E-state index contributed by atoms with van der Waals surface area (Å²) in [5, 5.41) is 12.8. The van der Waals surface area contributed by atoms with Gasteiger partial charge in [-0.25, -0.2) is 4.98 Å². The van der Waals surface area contributed by atoms with Crippen molar-refractivity contribution in [2.45, 2.75) is 32.9 Å². The Morgan fingerprint density at radius 3 is 2.84 bits per heavy atom. The molecule has 0 aromatic carbocycles. The molecule has 0 bridgehead atoms. The van der Waals surface area contributed by atoms with Crippen LogP contribution in [-0.4, -0.2) is 33.7 Å².